The van der Waals surface area contributed by atoms with Crippen molar-refractivity contribution in [1.29, 1.82) is 0 Å². The maximum atomic E-state index is 12.3. The maximum Gasteiger partial charge on any atom is 0.323 e. The number of nitrogens with zero attached hydrogens (tertiary/aromatic N) is 5. The van der Waals surface area contributed by atoms with Crippen LogP contribution in [0.5, 0.6) is 0 Å². The molecule has 128 valence electrons. The Bertz CT molecular complexity index is 916. The minimum absolute atomic E-state index is 0.156. The third kappa shape index (κ3) is 3.29. The molecular formula is C17H18N6O2. The minimum atomic E-state index is -0.156. The monoisotopic (exact) mass is 338 g/mol. The Balaban J connectivity index is 1.59. The Hall–Kier alpha value is -3.00. The minimum Gasteiger partial charge on any atom is -0.378 e. The van der Waals surface area contributed by atoms with Crippen molar-refractivity contribution in [2.75, 3.05) is 31.6 Å². The van der Waals surface area contributed by atoms with Gasteiger partial charge in [0.1, 0.15) is 5.82 Å². The van der Waals surface area contributed by atoms with Gasteiger partial charge in [0.15, 0.2) is 0 Å². The first-order chi connectivity index (χ1) is 12.2. The van der Waals surface area contributed by atoms with E-state index < -0.39 is 0 Å². The molecule has 0 atom stereocenters. The van der Waals surface area contributed by atoms with Gasteiger partial charge >= 0.3 is 6.03 Å². The van der Waals surface area contributed by atoms with Crippen molar-refractivity contribution in [3.05, 3.63) is 36.9 Å². The SMILES string of the molecule is Cn1cc(-c2cc3cc(NC(=O)N4CCOCC4)ncc3cn2)cn1. The summed E-state index contributed by atoms with van der Waals surface area (Å²) in [6, 6.07) is 3.67. The number of aromatic nitrogens is 4. The first kappa shape index (κ1) is 15.5. The first-order valence-electron chi connectivity index (χ1n) is 8.07. The summed E-state index contributed by atoms with van der Waals surface area (Å²) < 4.78 is 7.00. The molecule has 3 aromatic rings. The lowest BCUT2D eigenvalue weighted by molar-refractivity contribution is 0.0564. The number of carbonyl (C=O) groups excluding carboxylic acids is 1. The van der Waals surface area contributed by atoms with Gasteiger partial charge in [0.2, 0.25) is 0 Å². The maximum absolute atomic E-state index is 12.3. The average molecular weight is 338 g/mol. The van der Waals surface area contributed by atoms with Crippen LogP contribution in [0.15, 0.2) is 36.9 Å². The quantitative estimate of drug-likeness (QED) is 0.771. The van der Waals surface area contributed by atoms with Crippen LogP contribution in [0, 0.1) is 0 Å². The number of hydrogen-bond donors (Lipinski definition) is 1. The van der Waals surface area contributed by atoms with E-state index in [4.69, 9.17) is 4.74 Å². The number of amides is 2. The summed E-state index contributed by atoms with van der Waals surface area (Å²) in [4.78, 5) is 22.8. The molecule has 0 unspecified atom stereocenters. The van der Waals surface area contributed by atoms with Crippen molar-refractivity contribution in [3.63, 3.8) is 0 Å². The van der Waals surface area contributed by atoms with Gasteiger partial charge in [0.25, 0.3) is 0 Å². The molecule has 1 N–H and O–H groups in total. The fourth-order valence-corrected chi connectivity index (χ4v) is 2.77. The van der Waals surface area contributed by atoms with Crippen molar-refractivity contribution in [2.45, 2.75) is 0 Å². The molecule has 0 saturated carbocycles. The van der Waals surface area contributed by atoms with Crippen molar-refractivity contribution in [3.8, 4) is 11.3 Å². The third-order valence-electron chi connectivity index (χ3n) is 4.14. The number of anilines is 1. The zero-order valence-electron chi connectivity index (χ0n) is 13.8. The van der Waals surface area contributed by atoms with E-state index in [0.717, 1.165) is 22.0 Å². The largest absolute Gasteiger partial charge is 0.378 e. The summed E-state index contributed by atoms with van der Waals surface area (Å²) in [7, 11) is 1.87. The van der Waals surface area contributed by atoms with Crippen LogP contribution < -0.4 is 5.32 Å². The molecule has 8 nitrogen and oxygen atoms in total. The molecule has 0 aromatic carbocycles. The van der Waals surface area contributed by atoms with E-state index in [2.05, 4.69) is 20.4 Å². The molecule has 0 radical (unpaired) electrons. The van der Waals surface area contributed by atoms with Crippen LogP contribution in [-0.4, -0.2) is 57.0 Å². The molecule has 1 fully saturated rings. The summed E-state index contributed by atoms with van der Waals surface area (Å²) in [5.41, 5.74) is 1.78. The van der Waals surface area contributed by atoms with E-state index in [0.29, 0.717) is 32.1 Å². The molecule has 4 rings (SSSR count). The highest BCUT2D eigenvalue weighted by Gasteiger charge is 2.17. The van der Waals surface area contributed by atoms with Gasteiger partial charge in [-0.15, -0.1) is 0 Å². The summed E-state index contributed by atoms with van der Waals surface area (Å²) in [6.07, 6.45) is 7.18. The molecule has 2 amide bonds. The molecule has 1 aliphatic heterocycles. The summed E-state index contributed by atoms with van der Waals surface area (Å²) in [6.45, 7) is 2.32. The third-order valence-corrected chi connectivity index (χ3v) is 4.14. The molecule has 1 aliphatic rings. The number of rotatable bonds is 2. The van der Waals surface area contributed by atoms with Crippen LogP contribution in [0.25, 0.3) is 22.0 Å². The predicted molar refractivity (Wildman–Crippen MR) is 93.2 cm³/mol. The number of urea groups is 1. The Morgan fingerprint density at radius 3 is 2.68 bits per heavy atom. The van der Waals surface area contributed by atoms with E-state index in [1.54, 1.807) is 28.2 Å². The number of hydrogen-bond acceptors (Lipinski definition) is 5. The molecule has 3 aromatic heterocycles. The fraction of sp³-hybridized carbons (Fsp3) is 0.294. The Morgan fingerprint density at radius 1 is 1.12 bits per heavy atom. The van der Waals surface area contributed by atoms with E-state index >= 15 is 0 Å². The zero-order valence-corrected chi connectivity index (χ0v) is 13.8. The Morgan fingerprint density at radius 2 is 1.92 bits per heavy atom. The van der Waals surface area contributed by atoms with Crippen LogP contribution in [0.4, 0.5) is 10.6 Å². The molecule has 0 spiro atoms. The highest BCUT2D eigenvalue weighted by Crippen LogP contribution is 2.22. The molecular weight excluding hydrogens is 320 g/mol. The summed E-state index contributed by atoms with van der Waals surface area (Å²) >= 11 is 0. The number of carbonyl (C=O) groups is 1. The van der Waals surface area contributed by atoms with Gasteiger partial charge in [-0.2, -0.15) is 5.10 Å². The van der Waals surface area contributed by atoms with Crippen molar-refractivity contribution in [1.82, 2.24) is 24.6 Å². The van der Waals surface area contributed by atoms with Gasteiger partial charge in [-0.3, -0.25) is 15.0 Å². The zero-order chi connectivity index (χ0) is 17.2. The van der Waals surface area contributed by atoms with E-state index in [1.807, 2.05) is 25.4 Å². The van der Waals surface area contributed by atoms with Gasteiger partial charge in [0.05, 0.1) is 25.1 Å². The van der Waals surface area contributed by atoms with Crippen LogP contribution >= 0.6 is 0 Å². The second kappa shape index (κ2) is 6.48. The van der Waals surface area contributed by atoms with Crippen molar-refractivity contribution in [2.24, 2.45) is 7.05 Å². The molecule has 8 heteroatoms. The number of morpholine rings is 1. The first-order valence-corrected chi connectivity index (χ1v) is 8.07. The smallest absolute Gasteiger partial charge is 0.323 e. The van der Waals surface area contributed by atoms with Gasteiger partial charge in [-0.05, 0) is 17.5 Å². The number of aryl methyl sites for hydroxylation is 1. The number of nitrogens with one attached hydrogen (secondary N) is 1. The van der Waals surface area contributed by atoms with Crippen LogP contribution in [-0.2, 0) is 11.8 Å². The predicted octanol–water partition coefficient (Wildman–Crippen LogP) is 1.89. The van der Waals surface area contributed by atoms with E-state index in [1.165, 1.54) is 0 Å². The summed E-state index contributed by atoms with van der Waals surface area (Å²) in [5, 5.41) is 8.90. The second-order valence-corrected chi connectivity index (χ2v) is 5.92. The van der Waals surface area contributed by atoms with Gasteiger partial charge in [-0.1, -0.05) is 0 Å². The highest BCUT2D eigenvalue weighted by atomic mass is 16.5. The molecule has 1 saturated heterocycles. The van der Waals surface area contributed by atoms with Gasteiger partial charge in [0, 0.05) is 49.7 Å². The highest BCUT2D eigenvalue weighted by molar-refractivity contribution is 5.92. The standard InChI is InChI=1S/C17H18N6O2/c1-22-11-14(10-20-22)15-6-12-7-16(19-9-13(12)8-18-15)21-17(24)23-2-4-25-5-3-23/h6-11H,2-5H2,1H3,(H,19,21,24). The molecule has 0 aliphatic carbocycles. The topological polar surface area (TPSA) is 85.2 Å². The Kier molecular flexibility index (Phi) is 4.02. The lowest BCUT2D eigenvalue weighted by atomic mass is 10.1. The van der Waals surface area contributed by atoms with Gasteiger partial charge in [-0.25, -0.2) is 9.78 Å². The molecule has 0 bridgehead atoms. The van der Waals surface area contributed by atoms with Crippen LogP contribution in [0.2, 0.25) is 0 Å². The van der Waals surface area contributed by atoms with Crippen molar-refractivity contribution >= 4 is 22.6 Å². The number of ether oxygens (including phenoxy) is 1. The fourth-order valence-electron chi connectivity index (χ4n) is 2.77. The van der Waals surface area contributed by atoms with E-state index in [9.17, 15) is 4.79 Å². The lowest BCUT2D eigenvalue weighted by Crippen LogP contribution is -2.43. The van der Waals surface area contributed by atoms with Crippen LogP contribution in [0.1, 0.15) is 0 Å². The second-order valence-electron chi connectivity index (χ2n) is 5.92. The number of pyridine rings is 2. The average Bonchev–Trinajstić information content (AvgIpc) is 3.08. The molecule has 25 heavy (non-hydrogen) atoms. The van der Waals surface area contributed by atoms with Crippen LogP contribution in [0.3, 0.4) is 0 Å². The van der Waals surface area contributed by atoms with Crippen molar-refractivity contribution < 1.29 is 9.53 Å². The molecule has 4 heterocycles. The van der Waals surface area contributed by atoms with E-state index in [-0.39, 0.29) is 6.03 Å². The number of fused-ring (bicyclic) bond motifs is 1. The Labute approximate surface area is 144 Å². The normalized spacial score (nSPS) is 14.7. The lowest BCUT2D eigenvalue weighted by Gasteiger charge is -2.26. The summed E-state index contributed by atoms with van der Waals surface area (Å²) in [5.74, 6) is 0.521. The van der Waals surface area contributed by atoms with Gasteiger partial charge < -0.3 is 9.64 Å².